The van der Waals surface area contributed by atoms with Crippen LogP contribution in [-0.2, 0) is 14.9 Å². The Balaban J connectivity index is 1.18. The van der Waals surface area contributed by atoms with Crippen LogP contribution in [0.4, 0.5) is 19.7 Å². The number of likely N-dealkylation sites (tertiary alicyclic amines) is 2. The summed E-state index contributed by atoms with van der Waals surface area (Å²) in [7, 11) is 1.63. The first kappa shape index (κ1) is 22.4. The Morgan fingerprint density at radius 3 is 2.58 bits per heavy atom. The summed E-state index contributed by atoms with van der Waals surface area (Å²) >= 11 is 0. The van der Waals surface area contributed by atoms with Gasteiger partial charge < -0.3 is 24.6 Å². The van der Waals surface area contributed by atoms with Crippen LogP contribution < -0.4 is 10.2 Å². The van der Waals surface area contributed by atoms with Crippen molar-refractivity contribution in [3.05, 3.63) is 29.6 Å². The number of hydrogen-bond acceptors (Lipinski definition) is 5. The van der Waals surface area contributed by atoms with E-state index >= 15 is 0 Å². The number of carbonyl (C=O) groups excluding carboxylic acids is 2. The van der Waals surface area contributed by atoms with Crippen LogP contribution in [0.25, 0.3) is 0 Å². The minimum Gasteiger partial charge on any atom is -0.444 e. The molecule has 4 aliphatic heterocycles. The fourth-order valence-corrected chi connectivity index (χ4v) is 5.94. The van der Waals surface area contributed by atoms with Crippen LogP contribution in [0.2, 0.25) is 0 Å². The quantitative estimate of drug-likeness (QED) is 0.735. The van der Waals surface area contributed by atoms with Crippen LogP contribution in [0.15, 0.2) is 18.2 Å². The van der Waals surface area contributed by atoms with Gasteiger partial charge in [0.25, 0.3) is 0 Å². The first-order chi connectivity index (χ1) is 16.0. The lowest BCUT2D eigenvalue weighted by Crippen LogP contribution is -2.53. The van der Waals surface area contributed by atoms with Gasteiger partial charge in [-0.1, -0.05) is 0 Å². The summed E-state index contributed by atoms with van der Waals surface area (Å²) in [4.78, 5) is 31.0. The lowest BCUT2D eigenvalue weighted by Gasteiger charge is -2.45. The van der Waals surface area contributed by atoms with Crippen LogP contribution in [0, 0.1) is 5.82 Å². The molecule has 0 unspecified atom stereocenters. The third-order valence-corrected chi connectivity index (χ3v) is 7.89. The van der Waals surface area contributed by atoms with Crippen molar-refractivity contribution < 1.29 is 23.5 Å². The summed E-state index contributed by atoms with van der Waals surface area (Å²) in [6, 6.07) is 5.07. The van der Waals surface area contributed by atoms with Crippen LogP contribution >= 0.6 is 0 Å². The molecule has 9 heteroatoms. The lowest BCUT2D eigenvalue weighted by molar-refractivity contribution is 0.0336. The maximum Gasteiger partial charge on any atom is 0.410 e. The number of halogens is 1. The van der Waals surface area contributed by atoms with Gasteiger partial charge in [-0.2, -0.15) is 0 Å². The van der Waals surface area contributed by atoms with Gasteiger partial charge in [-0.15, -0.1) is 0 Å². The number of nitrogens with one attached hydrogen (secondary N) is 1. The predicted octanol–water partition coefficient (Wildman–Crippen LogP) is 2.71. The van der Waals surface area contributed by atoms with Crippen molar-refractivity contribution in [2.75, 3.05) is 57.9 Å². The van der Waals surface area contributed by atoms with Gasteiger partial charge in [-0.05, 0) is 62.5 Å². The minimum absolute atomic E-state index is 0.109. The summed E-state index contributed by atoms with van der Waals surface area (Å²) in [6.45, 7) is 4.98. The summed E-state index contributed by atoms with van der Waals surface area (Å²) in [5.74, 6) is -0.252. The number of fused-ring (bicyclic) bond motifs is 2. The van der Waals surface area contributed by atoms with Crippen molar-refractivity contribution >= 4 is 17.8 Å². The van der Waals surface area contributed by atoms with E-state index in [1.54, 1.807) is 24.1 Å². The molecule has 3 saturated heterocycles. The largest absolute Gasteiger partial charge is 0.444 e. The second kappa shape index (κ2) is 9.10. The first-order valence-corrected chi connectivity index (χ1v) is 12.1. The number of piperidine rings is 2. The normalized spacial score (nSPS) is 25.3. The topological polar surface area (TPSA) is 74.4 Å². The summed E-state index contributed by atoms with van der Waals surface area (Å²) in [6.07, 6.45) is 4.09. The molecule has 1 atom stereocenters. The Morgan fingerprint density at radius 2 is 1.91 bits per heavy atom. The second-order valence-corrected chi connectivity index (χ2v) is 9.71. The molecule has 3 fully saturated rings. The van der Waals surface area contributed by atoms with Crippen molar-refractivity contribution in [2.45, 2.75) is 49.7 Å². The van der Waals surface area contributed by atoms with E-state index in [0.29, 0.717) is 38.9 Å². The molecule has 3 amide bonds. The highest BCUT2D eigenvalue weighted by atomic mass is 19.1. The third kappa shape index (κ3) is 4.28. The summed E-state index contributed by atoms with van der Waals surface area (Å²) in [5, 5.41) is 2.71. The maximum absolute atomic E-state index is 14.1. The van der Waals surface area contributed by atoms with Gasteiger partial charge in [0, 0.05) is 50.2 Å². The average Bonchev–Trinajstić information content (AvgIpc) is 3.46. The second-order valence-electron chi connectivity index (χ2n) is 9.71. The van der Waals surface area contributed by atoms with Gasteiger partial charge in [0.1, 0.15) is 11.9 Å². The summed E-state index contributed by atoms with van der Waals surface area (Å²) < 4.78 is 25.0. The smallest absolute Gasteiger partial charge is 0.410 e. The Labute approximate surface area is 194 Å². The number of benzene rings is 1. The van der Waals surface area contributed by atoms with E-state index in [4.69, 9.17) is 9.47 Å². The van der Waals surface area contributed by atoms with E-state index in [9.17, 15) is 14.0 Å². The molecule has 0 aliphatic carbocycles. The molecule has 0 bridgehead atoms. The molecule has 0 radical (unpaired) electrons. The number of urea groups is 1. The number of ether oxygens (including phenoxy) is 2. The molecule has 0 saturated carbocycles. The van der Waals surface area contributed by atoms with E-state index in [1.807, 2.05) is 4.90 Å². The number of amides is 3. The fraction of sp³-hybridized carbons (Fsp3) is 0.667. The Bertz CT molecular complexity index is 890. The van der Waals surface area contributed by atoms with Crippen molar-refractivity contribution in [2.24, 2.45) is 0 Å². The van der Waals surface area contributed by atoms with Crippen LogP contribution in [0.1, 0.15) is 37.7 Å². The number of carbonyl (C=O) groups is 2. The average molecular weight is 461 g/mol. The molecule has 1 aromatic rings. The Kier molecular flexibility index (Phi) is 6.18. The van der Waals surface area contributed by atoms with Gasteiger partial charge in [-0.25, -0.2) is 14.0 Å². The SMILES string of the molecule is CNC(=O)N1CC2(CCN(C3CCN(C(=O)O[C@@H]4CCOC4)CC3)CC2)c2cc(F)ccc21. The highest BCUT2D eigenvalue weighted by Gasteiger charge is 2.47. The molecular formula is C24H33FN4O4. The Hall–Kier alpha value is -2.39. The lowest BCUT2D eigenvalue weighted by atomic mass is 9.74. The molecule has 180 valence electrons. The molecule has 5 rings (SSSR count). The molecule has 1 N–H and O–H groups in total. The van der Waals surface area contributed by atoms with Crippen LogP contribution in [-0.4, -0.2) is 87.1 Å². The number of hydrogen-bond donors (Lipinski definition) is 1. The zero-order valence-electron chi connectivity index (χ0n) is 19.2. The third-order valence-electron chi connectivity index (χ3n) is 7.89. The highest BCUT2D eigenvalue weighted by Crippen LogP contribution is 2.47. The molecule has 1 aromatic carbocycles. The molecule has 4 heterocycles. The van der Waals surface area contributed by atoms with Crippen molar-refractivity contribution in [1.82, 2.24) is 15.1 Å². The summed E-state index contributed by atoms with van der Waals surface area (Å²) in [5.41, 5.74) is 1.58. The fourth-order valence-electron chi connectivity index (χ4n) is 5.94. The predicted molar refractivity (Wildman–Crippen MR) is 121 cm³/mol. The molecule has 33 heavy (non-hydrogen) atoms. The number of nitrogens with zero attached hydrogens (tertiary/aromatic N) is 3. The monoisotopic (exact) mass is 460 g/mol. The molecular weight excluding hydrogens is 427 g/mol. The van der Waals surface area contributed by atoms with E-state index < -0.39 is 0 Å². The van der Waals surface area contributed by atoms with E-state index in [1.165, 1.54) is 6.07 Å². The van der Waals surface area contributed by atoms with Crippen molar-refractivity contribution in [3.8, 4) is 0 Å². The zero-order chi connectivity index (χ0) is 23.0. The molecule has 1 spiro atoms. The molecule has 4 aliphatic rings. The van der Waals surface area contributed by atoms with Crippen molar-refractivity contribution in [3.63, 3.8) is 0 Å². The number of anilines is 1. The van der Waals surface area contributed by atoms with Gasteiger partial charge in [0.15, 0.2) is 0 Å². The van der Waals surface area contributed by atoms with Gasteiger partial charge in [-0.3, -0.25) is 4.90 Å². The standard InChI is InChI=1S/C24H33FN4O4/c1-26-22(30)29-16-24(20-14-17(25)2-3-21(20)29)7-11-27(12-8-24)18-4-9-28(10-5-18)23(31)33-19-6-13-32-15-19/h2-3,14,18-19H,4-13,15-16H2,1H3,(H,26,30)/t19-/m1/s1. The number of rotatable bonds is 2. The zero-order valence-corrected chi connectivity index (χ0v) is 19.2. The van der Waals surface area contributed by atoms with E-state index in [2.05, 4.69) is 10.2 Å². The van der Waals surface area contributed by atoms with Crippen molar-refractivity contribution in [1.29, 1.82) is 0 Å². The van der Waals surface area contributed by atoms with E-state index in [0.717, 1.165) is 56.4 Å². The first-order valence-electron chi connectivity index (χ1n) is 12.1. The van der Waals surface area contributed by atoms with E-state index in [-0.39, 0.29) is 29.5 Å². The maximum atomic E-state index is 14.1. The Morgan fingerprint density at radius 1 is 1.15 bits per heavy atom. The van der Waals surface area contributed by atoms with Crippen LogP contribution in [0.3, 0.4) is 0 Å². The van der Waals surface area contributed by atoms with Gasteiger partial charge in [0.05, 0.1) is 13.2 Å². The molecule has 8 nitrogen and oxygen atoms in total. The van der Waals surface area contributed by atoms with Gasteiger partial charge >= 0.3 is 12.1 Å². The highest BCUT2D eigenvalue weighted by molar-refractivity contribution is 5.95. The minimum atomic E-state index is -0.252. The van der Waals surface area contributed by atoms with Crippen LogP contribution in [0.5, 0.6) is 0 Å². The molecule has 0 aromatic heterocycles. The van der Waals surface area contributed by atoms with Gasteiger partial charge in [0.2, 0.25) is 0 Å².